The minimum atomic E-state index is -2.24. The average molecular weight is 479 g/mol. The van der Waals surface area contributed by atoms with E-state index in [0.717, 1.165) is 12.8 Å². The van der Waals surface area contributed by atoms with Gasteiger partial charge in [0.05, 0.1) is 13.2 Å². The van der Waals surface area contributed by atoms with Gasteiger partial charge in [-0.15, -0.1) is 0 Å². The molecule has 0 aromatic carbocycles. The van der Waals surface area contributed by atoms with Crippen molar-refractivity contribution in [2.75, 3.05) is 13.2 Å². The fraction of sp³-hybridized carbons (Fsp3) is 1.00. The van der Waals surface area contributed by atoms with Crippen molar-refractivity contribution < 1.29 is 54.5 Å². The minimum absolute atomic E-state index is 0. The van der Waals surface area contributed by atoms with Gasteiger partial charge in [0.15, 0.2) is 0 Å². The Labute approximate surface area is 178 Å². The molecule has 0 rings (SSSR count). The molecule has 0 heterocycles. The van der Waals surface area contributed by atoms with Crippen molar-refractivity contribution in [3.05, 3.63) is 0 Å². The van der Waals surface area contributed by atoms with Gasteiger partial charge in [-0.25, -0.2) is 0 Å². The molecule has 0 aromatic heterocycles. The van der Waals surface area contributed by atoms with Gasteiger partial charge >= 0.3 is 8.25 Å². The summed E-state index contributed by atoms with van der Waals surface area (Å²) in [6.45, 7) is 5.64. The summed E-state index contributed by atoms with van der Waals surface area (Å²) in [6, 6.07) is 0. The number of hydrogen-bond donors (Lipinski definition) is 0. The Hall–Kier alpha value is 1.50. The van der Waals surface area contributed by atoms with E-state index in [-0.39, 0.29) is 40.8 Å². The Kier molecular flexibility index (Phi) is 27.3. The van der Waals surface area contributed by atoms with Crippen molar-refractivity contribution in [2.24, 2.45) is 0 Å². The molecule has 5 heteroatoms. The maximum atomic E-state index is 11.5. The molecule has 23 heavy (non-hydrogen) atoms. The monoisotopic (exact) mass is 476 g/mol. The molecule has 0 unspecified atom stereocenters. The van der Waals surface area contributed by atoms with Gasteiger partial charge < -0.3 is 9.05 Å². The summed E-state index contributed by atoms with van der Waals surface area (Å²) in [5.74, 6) is 0. The van der Waals surface area contributed by atoms with E-state index >= 15 is 0 Å². The number of rotatable bonds is 18. The first-order valence-corrected chi connectivity index (χ1v) is 10.8. The smallest absolute Gasteiger partial charge is 0.311 e. The fourth-order valence-corrected chi connectivity index (χ4v) is 3.18. The quantitative estimate of drug-likeness (QED) is 0.159. The van der Waals surface area contributed by atoms with E-state index in [4.69, 9.17) is 9.05 Å². The van der Waals surface area contributed by atoms with E-state index in [9.17, 15) is 4.57 Å². The van der Waals surface area contributed by atoms with E-state index in [1.165, 1.54) is 77.0 Å². The van der Waals surface area contributed by atoms with Crippen LogP contribution < -0.4 is 0 Å². The molecular weight excluding hydrogens is 439 g/mol. The van der Waals surface area contributed by atoms with Gasteiger partial charge in [0.2, 0.25) is 0 Å². The zero-order valence-electron chi connectivity index (χ0n) is 15.5. The summed E-state index contributed by atoms with van der Waals surface area (Å²) < 4.78 is 22.0. The Morgan fingerprint density at radius 2 is 0.870 bits per heavy atom. The average Bonchev–Trinajstić information content (AvgIpc) is 2.52. The van der Waals surface area contributed by atoms with Crippen LogP contribution in [0, 0.1) is 40.8 Å². The van der Waals surface area contributed by atoms with Crippen LogP contribution >= 0.6 is 8.25 Å². The number of hydrogen-bond acceptors (Lipinski definition) is 3. The first kappa shape index (κ1) is 26.7. The summed E-state index contributed by atoms with van der Waals surface area (Å²) in [5.41, 5.74) is 0. The van der Waals surface area contributed by atoms with Gasteiger partial charge in [-0.2, -0.15) is 0 Å². The topological polar surface area (TPSA) is 35.5 Å². The van der Waals surface area contributed by atoms with Crippen LogP contribution in [0.15, 0.2) is 0 Å². The Bertz CT molecular complexity index is 218. The largest absolute Gasteiger partial charge is 0.319 e. The van der Waals surface area contributed by atoms with Gasteiger partial charge in [-0.05, 0) is 12.8 Å². The molecular formula is C18H39NdO3P. The van der Waals surface area contributed by atoms with E-state index in [1.807, 2.05) is 0 Å². The van der Waals surface area contributed by atoms with Gasteiger partial charge in [0.25, 0.3) is 0 Å². The third-order valence-corrected chi connectivity index (χ3v) is 4.82. The molecule has 0 aliphatic heterocycles. The summed E-state index contributed by atoms with van der Waals surface area (Å²) in [4.78, 5) is 0. The zero-order chi connectivity index (χ0) is 16.3. The van der Waals surface area contributed by atoms with Crippen LogP contribution in [0.4, 0.5) is 0 Å². The van der Waals surface area contributed by atoms with Crippen LogP contribution in [0.25, 0.3) is 0 Å². The van der Waals surface area contributed by atoms with Crippen LogP contribution in [-0.2, 0) is 13.6 Å². The van der Waals surface area contributed by atoms with Crippen LogP contribution in [0.2, 0.25) is 0 Å². The molecule has 0 aliphatic carbocycles. The normalized spacial score (nSPS) is 10.9. The maximum absolute atomic E-state index is 11.5. The second-order valence-electron chi connectivity index (χ2n) is 6.19. The molecule has 0 aromatic rings. The zero-order valence-corrected chi connectivity index (χ0v) is 19.7. The molecule has 0 bridgehead atoms. The van der Waals surface area contributed by atoms with Crippen molar-refractivity contribution in [1.29, 1.82) is 0 Å². The first-order valence-electron chi connectivity index (χ1n) is 9.60. The van der Waals surface area contributed by atoms with Crippen LogP contribution in [-0.4, -0.2) is 13.2 Å². The van der Waals surface area contributed by atoms with Crippen molar-refractivity contribution in [3.8, 4) is 0 Å². The van der Waals surface area contributed by atoms with E-state index in [1.54, 1.807) is 0 Å². The Morgan fingerprint density at radius 3 is 1.22 bits per heavy atom. The summed E-state index contributed by atoms with van der Waals surface area (Å²) in [5, 5.41) is 0. The van der Waals surface area contributed by atoms with Gasteiger partial charge in [0.1, 0.15) is 0 Å². The van der Waals surface area contributed by atoms with E-state index in [0.29, 0.717) is 13.2 Å². The summed E-state index contributed by atoms with van der Waals surface area (Å²) in [6.07, 6.45) is 17.5. The first-order chi connectivity index (χ1) is 10.8. The second kappa shape index (κ2) is 23.5. The molecule has 0 saturated carbocycles. The van der Waals surface area contributed by atoms with Crippen LogP contribution in [0.3, 0.4) is 0 Å². The molecule has 0 saturated heterocycles. The van der Waals surface area contributed by atoms with Crippen molar-refractivity contribution >= 4 is 8.25 Å². The van der Waals surface area contributed by atoms with E-state index < -0.39 is 8.25 Å². The number of unbranched alkanes of at least 4 members (excludes halogenated alkanes) is 12. The second-order valence-corrected chi connectivity index (χ2v) is 7.27. The molecule has 3 nitrogen and oxygen atoms in total. The fourth-order valence-electron chi connectivity index (χ4n) is 2.47. The maximum Gasteiger partial charge on any atom is 0.319 e. The minimum Gasteiger partial charge on any atom is -0.311 e. The van der Waals surface area contributed by atoms with Gasteiger partial charge in [-0.3, -0.25) is 4.57 Å². The SMILES string of the molecule is CCCCCCCCCO[PH](=O)OCCCCCCCCC.[Nd]. The predicted molar refractivity (Wildman–Crippen MR) is 96.9 cm³/mol. The molecule has 0 atom stereocenters. The molecule has 0 fully saturated rings. The standard InChI is InChI=1S/C18H39O3P.Nd/c1-3-5-7-9-11-13-15-17-20-22(19)21-18-16-14-12-10-8-6-4-2;/h22H,3-18H2,1-2H3;. The molecule has 0 N–H and O–H groups in total. The van der Waals surface area contributed by atoms with Crippen molar-refractivity contribution in [1.82, 2.24) is 0 Å². The molecule has 0 radical (unpaired) electrons. The molecule has 0 amide bonds. The van der Waals surface area contributed by atoms with Gasteiger partial charge in [0, 0.05) is 40.8 Å². The van der Waals surface area contributed by atoms with E-state index in [2.05, 4.69) is 13.8 Å². The van der Waals surface area contributed by atoms with Crippen molar-refractivity contribution in [2.45, 2.75) is 104 Å². The Balaban J connectivity index is 0. The predicted octanol–water partition coefficient (Wildman–Crippen LogP) is 6.91. The molecule has 0 aliphatic rings. The molecule has 138 valence electrons. The summed E-state index contributed by atoms with van der Waals surface area (Å²) >= 11 is 0. The van der Waals surface area contributed by atoms with Crippen molar-refractivity contribution in [3.63, 3.8) is 0 Å². The third-order valence-electron chi connectivity index (χ3n) is 3.94. The Morgan fingerprint density at radius 1 is 0.565 bits per heavy atom. The molecule has 0 spiro atoms. The summed E-state index contributed by atoms with van der Waals surface area (Å²) in [7, 11) is -2.24. The van der Waals surface area contributed by atoms with Crippen LogP contribution in [0.1, 0.15) is 104 Å². The van der Waals surface area contributed by atoms with Crippen LogP contribution in [0.5, 0.6) is 0 Å². The third kappa shape index (κ3) is 23.5. The van der Waals surface area contributed by atoms with Gasteiger partial charge in [-0.1, -0.05) is 90.9 Å².